The Morgan fingerprint density at radius 1 is 1.30 bits per heavy atom. The van der Waals surface area contributed by atoms with E-state index in [0.717, 1.165) is 43.9 Å². The first-order chi connectivity index (χ1) is 12.3. The van der Waals surface area contributed by atoms with E-state index in [0.29, 0.717) is 18.5 Å². The van der Waals surface area contributed by atoms with Gasteiger partial charge in [0, 0.05) is 12.0 Å². The molecule has 0 unspecified atom stereocenters. The molecule has 2 rings (SSSR count). The Hall–Kier alpha value is -0.920. The number of rotatable bonds is 7. The molecule has 1 atom stereocenters. The first kappa shape index (κ1) is 24.1. The summed E-state index contributed by atoms with van der Waals surface area (Å²) in [5.74, 6) is 0.573. The number of halogens is 4. The highest BCUT2D eigenvalue weighted by atomic mass is 35.5. The Morgan fingerprint density at radius 3 is 2.56 bits per heavy atom. The molecule has 3 N–H and O–H groups in total. The minimum Gasteiger partial charge on any atom is -0.354 e. The number of thioether (sulfide) groups is 1. The fraction of sp³-hybridized carbons (Fsp3) is 0.632. The third kappa shape index (κ3) is 6.57. The smallest absolute Gasteiger partial charge is 0.354 e. The van der Waals surface area contributed by atoms with Gasteiger partial charge in [-0.15, -0.1) is 12.4 Å². The van der Waals surface area contributed by atoms with Crippen LogP contribution in [0.4, 0.5) is 13.2 Å². The summed E-state index contributed by atoms with van der Waals surface area (Å²) >= 11 is 1.63. The molecule has 3 nitrogen and oxygen atoms in total. The van der Waals surface area contributed by atoms with Crippen molar-refractivity contribution in [2.24, 2.45) is 5.73 Å². The lowest BCUT2D eigenvalue weighted by Crippen LogP contribution is -2.48. The van der Waals surface area contributed by atoms with Gasteiger partial charge >= 0.3 is 6.18 Å². The minimum atomic E-state index is -4.37. The molecule has 1 saturated carbocycles. The molecular weight excluding hydrogens is 397 g/mol. The Bertz CT molecular complexity index is 607. The van der Waals surface area contributed by atoms with E-state index in [1.165, 1.54) is 12.1 Å². The van der Waals surface area contributed by atoms with E-state index in [-0.39, 0.29) is 18.3 Å². The zero-order valence-electron chi connectivity index (χ0n) is 15.5. The highest BCUT2D eigenvalue weighted by Crippen LogP contribution is 2.41. The van der Waals surface area contributed by atoms with E-state index < -0.39 is 23.2 Å². The fourth-order valence-corrected chi connectivity index (χ4v) is 4.07. The highest BCUT2D eigenvalue weighted by molar-refractivity contribution is 7.98. The number of hydrogen-bond acceptors (Lipinski definition) is 3. The maximum Gasteiger partial charge on any atom is 0.416 e. The second-order valence-corrected chi connectivity index (χ2v) is 8.01. The molecule has 1 aromatic carbocycles. The average Bonchev–Trinajstić information content (AvgIpc) is 2.64. The van der Waals surface area contributed by atoms with Crippen LogP contribution in [0, 0.1) is 0 Å². The van der Waals surface area contributed by atoms with Crippen molar-refractivity contribution >= 4 is 30.1 Å². The maximum atomic E-state index is 13.1. The predicted octanol–water partition coefficient (Wildman–Crippen LogP) is 4.53. The summed E-state index contributed by atoms with van der Waals surface area (Å²) in [6.45, 7) is 0.333. The largest absolute Gasteiger partial charge is 0.416 e. The van der Waals surface area contributed by atoms with E-state index in [9.17, 15) is 18.0 Å². The van der Waals surface area contributed by atoms with Crippen LogP contribution < -0.4 is 11.1 Å². The van der Waals surface area contributed by atoms with Gasteiger partial charge in [-0.05, 0) is 42.9 Å². The Labute approximate surface area is 169 Å². The van der Waals surface area contributed by atoms with Gasteiger partial charge in [0.2, 0.25) is 5.91 Å². The number of alkyl halides is 3. The molecule has 1 aliphatic carbocycles. The zero-order valence-corrected chi connectivity index (χ0v) is 17.1. The van der Waals surface area contributed by atoms with Crippen LogP contribution in [0.15, 0.2) is 24.3 Å². The van der Waals surface area contributed by atoms with Crippen LogP contribution in [0.5, 0.6) is 0 Å². The van der Waals surface area contributed by atoms with Gasteiger partial charge in [-0.2, -0.15) is 24.9 Å². The number of amides is 1. The lowest BCUT2D eigenvalue weighted by atomic mass is 9.69. The molecular formula is C19H28ClF3N2OS. The second kappa shape index (κ2) is 10.6. The first-order valence-corrected chi connectivity index (χ1v) is 10.4. The van der Waals surface area contributed by atoms with Gasteiger partial charge in [0.15, 0.2) is 0 Å². The molecule has 1 aliphatic rings. The number of carbonyl (C=O) groups excluding carboxylic acids is 1. The van der Waals surface area contributed by atoms with Crippen LogP contribution >= 0.6 is 24.2 Å². The summed E-state index contributed by atoms with van der Waals surface area (Å²) in [5, 5.41) is 2.90. The van der Waals surface area contributed by atoms with E-state index in [1.807, 2.05) is 6.26 Å². The summed E-state index contributed by atoms with van der Waals surface area (Å²) in [4.78, 5) is 12.3. The van der Waals surface area contributed by atoms with Crippen molar-refractivity contribution in [1.82, 2.24) is 5.32 Å². The van der Waals surface area contributed by atoms with Crippen molar-refractivity contribution in [3.63, 3.8) is 0 Å². The third-order valence-corrected chi connectivity index (χ3v) is 5.83. The van der Waals surface area contributed by atoms with Crippen molar-refractivity contribution < 1.29 is 18.0 Å². The van der Waals surface area contributed by atoms with Gasteiger partial charge in [0.1, 0.15) is 0 Å². The lowest BCUT2D eigenvalue weighted by molar-refractivity contribution is -0.137. The van der Waals surface area contributed by atoms with Crippen molar-refractivity contribution in [2.45, 2.75) is 56.2 Å². The van der Waals surface area contributed by atoms with Gasteiger partial charge in [0.05, 0.1) is 11.6 Å². The molecule has 1 amide bonds. The molecule has 1 aromatic rings. The van der Waals surface area contributed by atoms with Gasteiger partial charge in [-0.3, -0.25) is 4.79 Å². The van der Waals surface area contributed by atoms with Crippen LogP contribution in [0.3, 0.4) is 0 Å². The quantitative estimate of drug-likeness (QED) is 0.676. The lowest BCUT2D eigenvalue weighted by Gasteiger charge is -2.38. The summed E-state index contributed by atoms with van der Waals surface area (Å²) in [6.07, 6.45) is 2.69. The molecule has 0 saturated heterocycles. The standard InChI is InChI=1S/C19H27F3N2OS.ClH/c1-26-11-8-16(23)17(25)24-13-18(9-3-2-4-10-18)14-6-5-7-15(12-14)19(20,21)22;/h5-7,12,16H,2-4,8-11,13,23H2,1H3,(H,24,25);1H/t16-;/m0./s1. The summed E-state index contributed by atoms with van der Waals surface area (Å²) in [5.41, 5.74) is 5.48. The summed E-state index contributed by atoms with van der Waals surface area (Å²) in [6, 6.07) is 4.97. The SMILES string of the molecule is CSCC[C@H](N)C(=O)NCC1(c2cccc(C(F)(F)F)c2)CCCCC1.Cl. The number of hydrogen-bond donors (Lipinski definition) is 2. The molecule has 27 heavy (non-hydrogen) atoms. The van der Waals surface area contributed by atoms with Crippen molar-refractivity contribution in [3.8, 4) is 0 Å². The zero-order chi connectivity index (χ0) is 19.2. The topological polar surface area (TPSA) is 55.1 Å². The molecule has 1 fully saturated rings. The minimum absolute atomic E-state index is 0. The van der Waals surface area contributed by atoms with Crippen LogP contribution in [0.2, 0.25) is 0 Å². The summed E-state index contributed by atoms with van der Waals surface area (Å²) in [7, 11) is 0. The van der Waals surface area contributed by atoms with Gasteiger partial charge in [0.25, 0.3) is 0 Å². The molecule has 0 aliphatic heterocycles. The number of nitrogens with two attached hydrogens (primary N) is 1. The normalized spacial score (nSPS) is 17.7. The monoisotopic (exact) mass is 424 g/mol. The average molecular weight is 425 g/mol. The maximum absolute atomic E-state index is 13.1. The number of carbonyl (C=O) groups is 1. The molecule has 0 radical (unpaired) electrons. The van der Waals surface area contributed by atoms with E-state index in [1.54, 1.807) is 17.8 Å². The number of benzene rings is 1. The summed E-state index contributed by atoms with van der Waals surface area (Å²) < 4.78 is 39.3. The van der Waals surface area contributed by atoms with Crippen LogP contribution in [-0.2, 0) is 16.4 Å². The van der Waals surface area contributed by atoms with Crippen LogP contribution in [0.25, 0.3) is 0 Å². The molecule has 154 valence electrons. The van der Waals surface area contributed by atoms with Crippen molar-refractivity contribution in [3.05, 3.63) is 35.4 Å². The molecule has 0 spiro atoms. The van der Waals surface area contributed by atoms with E-state index >= 15 is 0 Å². The van der Waals surface area contributed by atoms with E-state index in [2.05, 4.69) is 5.32 Å². The van der Waals surface area contributed by atoms with Gasteiger partial charge in [-0.25, -0.2) is 0 Å². The molecule has 0 heterocycles. The Balaban J connectivity index is 0.00000364. The molecule has 0 bridgehead atoms. The van der Waals surface area contributed by atoms with Crippen molar-refractivity contribution in [2.75, 3.05) is 18.6 Å². The van der Waals surface area contributed by atoms with Gasteiger partial charge < -0.3 is 11.1 Å². The fourth-order valence-electron chi connectivity index (χ4n) is 3.58. The Kier molecular flexibility index (Phi) is 9.45. The molecule has 0 aromatic heterocycles. The van der Waals surface area contributed by atoms with Crippen LogP contribution in [0.1, 0.15) is 49.7 Å². The first-order valence-electron chi connectivity index (χ1n) is 8.98. The Morgan fingerprint density at radius 2 is 1.96 bits per heavy atom. The second-order valence-electron chi connectivity index (χ2n) is 7.03. The highest BCUT2D eigenvalue weighted by Gasteiger charge is 2.37. The van der Waals surface area contributed by atoms with Gasteiger partial charge in [-0.1, -0.05) is 37.5 Å². The van der Waals surface area contributed by atoms with Crippen LogP contribution in [-0.4, -0.2) is 30.5 Å². The van der Waals surface area contributed by atoms with E-state index in [4.69, 9.17) is 5.73 Å². The predicted molar refractivity (Wildman–Crippen MR) is 107 cm³/mol. The third-order valence-electron chi connectivity index (χ3n) is 5.18. The molecule has 8 heteroatoms. The number of nitrogens with one attached hydrogen (secondary N) is 1. The van der Waals surface area contributed by atoms with Crippen molar-refractivity contribution in [1.29, 1.82) is 0 Å².